The normalized spacial score (nSPS) is 11.0. The number of carbonyl (C=O) groups is 1. The van der Waals surface area contributed by atoms with Crippen molar-refractivity contribution in [3.63, 3.8) is 0 Å². The summed E-state index contributed by atoms with van der Waals surface area (Å²) in [7, 11) is 2.97. The molecular formula is C25H27N3O5S. The zero-order valence-corrected chi connectivity index (χ0v) is 20.6. The Balaban J connectivity index is 1.87. The molecule has 178 valence electrons. The number of hydrogen-bond acceptors (Lipinski definition) is 8. The summed E-state index contributed by atoms with van der Waals surface area (Å²) in [6.07, 6.45) is 0. The number of nitrogens with zero attached hydrogens (tertiary/aromatic N) is 2. The minimum Gasteiger partial charge on any atom is -0.502 e. The molecule has 0 saturated heterocycles. The van der Waals surface area contributed by atoms with Crippen LogP contribution in [-0.4, -0.2) is 41.3 Å². The molecule has 0 aliphatic rings. The molecule has 0 fully saturated rings. The Hall–Kier alpha value is -3.72. The molecule has 2 aromatic carbocycles. The summed E-state index contributed by atoms with van der Waals surface area (Å²) in [5.74, 6) is 0.827. The molecule has 0 bridgehead atoms. The topological polar surface area (TPSA) is 94.3 Å². The van der Waals surface area contributed by atoms with E-state index in [4.69, 9.17) is 19.2 Å². The SMILES string of the molecule is CCOC(=O)c1sc2nc(-c3cc(OC)c(O)c(OC)c3)c(NCc3cccc(C)c3)n2c1C. The van der Waals surface area contributed by atoms with Crippen molar-refractivity contribution >= 4 is 28.1 Å². The van der Waals surface area contributed by atoms with E-state index < -0.39 is 0 Å². The Labute approximate surface area is 201 Å². The maximum atomic E-state index is 12.5. The quantitative estimate of drug-likeness (QED) is 0.334. The van der Waals surface area contributed by atoms with Crippen LogP contribution in [0.5, 0.6) is 17.2 Å². The third kappa shape index (κ3) is 4.26. The highest BCUT2D eigenvalue weighted by Crippen LogP contribution is 2.43. The van der Waals surface area contributed by atoms with Crippen LogP contribution in [0.4, 0.5) is 5.82 Å². The number of methoxy groups -OCH3 is 2. The fourth-order valence-corrected chi connectivity index (χ4v) is 4.85. The number of nitrogens with one attached hydrogen (secondary N) is 1. The third-order valence-electron chi connectivity index (χ3n) is 5.46. The molecular weight excluding hydrogens is 454 g/mol. The number of thiazole rings is 1. The van der Waals surface area contributed by atoms with Gasteiger partial charge in [0.2, 0.25) is 5.75 Å². The van der Waals surface area contributed by atoms with Crippen LogP contribution in [0.25, 0.3) is 16.2 Å². The van der Waals surface area contributed by atoms with Gasteiger partial charge in [0, 0.05) is 17.8 Å². The molecule has 0 atom stereocenters. The molecule has 2 heterocycles. The van der Waals surface area contributed by atoms with Crippen molar-refractivity contribution < 1.29 is 24.1 Å². The number of carbonyl (C=O) groups excluding carboxylic acids is 1. The zero-order valence-electron chi connectivity index (χ0n) is 19.8. The van der Waals surface area contributed by atoms with Crippen LogP contribution in [0.2, 0.25) is 0 Å². The van der Waals surface area contributed by atoms with Gasteiger partial charge < -0.3 is 24.6 Å². The van der Waals surface area contributed by atoms with E-state index in [-0.39, 0.29) is 23.2 Å². The lowest BCUT2D eigenvalue weighted by Crippen LogP contribution is -2.07. The van der Waals surface area contributed by atoms with Crippen molar-refractivity contribution in [1.29, 1.82) is 0 Å². The summed E-state index contributed by atoms with van der Waals surface area (Å²) >= 11 is 1.27. The summed E-state index contributed by atoms with van der Waals surface area (Å²) in [4.78, 5) is 18.5. The number of esters is 1. The maximum absolute atomic E-state index is 12.5. The molecule has 2 aromatic heterocycles. The van der Waals surface area contributed by atoms with E-state index in [9.17, 15) is 9.90 Å². The minimum atomic E-state index is -0.366. The van der Waals surface area contributed by atoms with Crippen molar-refractivity contribution in [2.24, 2.45) is 0 Å². The van der Waals surface area contributed by atoms with Crippen molar-refractivity contribution in [2.75, 3.05) is 26.1 Å². The predicted octanol–water partition coefficient (Wildman–Crippen LogP) is 5.19. The standard InChI is InChI=1S/C25H27N3O5S/c1-6-33-24(30)22-15(3)28-23(26-13-16-9-7-8-14(2)10-16)20(27-25(28)34-22)17-11-18(31-4)21(29)19(12-17)32-5/h7-12,26,29H,6,13H2,1-5H3. The van der Waals surface area contributed by atoms with E-state index in [1.54, 1.807) is 19.1 Å². The molecule has 4 rings (SSSR count). The van der Waals surface area contributed by atoms with Gasteiger partial charge in [0.25, 0.3) is 0 Å². The summed E-state index contributed by atoms with van der Waals surface area (Å²) in [5, 5.41) is 13.9. The average Bonchev–Trinajstić information content (AvgIpc) is 3.34. The fraction of sp³-hybridized carbons (Fsp3) is 0.280. The Morgan fingerprint density at radius 1 is 1.15 bits per heavy atom. The number of imidazole rings is 1. The fourth-order valence-electron chi connectivity index (χ4n) is 3.83. The second kappa shape index (κ2) is 9.64. The number of ether oxygens (including phenoxy) is 3. The lowest BCUT2D eigenvalue weighted by Gasteiger charge is -2.13. The first-order valence-corrected chi connectivity index (χ1v) is 11.6. The Morgan fingerprint density at radius 3 is 2.47 bits per heavy atom. The van der Waals surface area contributed by atoms with Crippen molar-refractivity contribution in [1.82, 2.24) is 9.38 Å². The highest BCUT2D eigenvalue weighted by molar-refractivity contribution is 7.19. The Kier molecular flexibility index (Phi) is 6.65. The van der Waals surface area contributed by atoms with E-state index >= 15 is 0 Å². The van der Waals surface area contributed by atoms with Gasteiger partial charge in [-0.25, -0.2) is 9.78 Å². The first kappa shape index (κ1) is 23.4. The number of rotatable bonds is 8. The molecule has 4 aromatic rings. The number of phenolic OH excluding ortho intramolecular Hbond substituents is 1. The highest BCUT2D eigenvalue weighted by Gasteiger charge is 2.25. The van der Waals surface area contributed by atoms with Crippen LogP contribution in [0.15, 0.2) is 36.4 Å². The highest BCUT2D eigenvalue weighted by atomic mass is 32.1. The van der Waals surface area contributed by atoms with Crippen LogP contribution in [0.3, 0.4) is 0 Å². The second-order valence-electron chi connectivity index (χ2n) is 7.74. The maximum Gasteiger partial charge on any atom is 0.350 e. The van der Waals surface area contributed by atoms with Gasteiger partial charge in [0.15, 0.2) is 16.5 Å². The molecule has 34 heavy (non-hydrogen) atoms. The smallest absolute Gasteiger partial charge is 0.350 e. The number of anilines is 1. The summed E-state index contributed by atoms with van der Waals surface area (Å²) in [5.41, 5.74) is 4.37. The van der Waals surface area contributed by atoms with E-state index in [1.807, 2.05) is 17.4 Å². The van der Waals surface area contributed by atoms with Crippen LogP contribution in [0.1, 0.15) is 33.4 Å². The van der Waals surface area contributed by atoms with Crippen molar-refractivity contribution in [2.45, 2.75) is 27.3 Å². The molecule has 0 aliphatic carbocycles. The van der Waals surface area contributed by atoms with Crippen LogP contribution < -0.4 is 14.8 Å². The van der Waals surface area contributed by atoms with Gasteiger partial charge in [0.1, 0.15) is 16.4 Å². The summed E-state index contributed by atoms with van der Waals surface area (Å²) in [6, 6.07) is 11.7. The Bertz CT molecular complexity index is 1330. The van der Waals surface area contributed by atoms with Gasteiger partial charge in [0.05, 0.1) is 20.8 Å². The average molecular weight is 482 g/mol. The van der Waals surface area contributed by atoms with Gasteiger partial charge in [-0.1, -0.05) is 41.2 Å². The number of fused-ring (bicyclic) bond motifs is 1. The first-order valence-electron chi connectivity index (χ1n) is 10.8. The first-order chi connectivity index (χ1) is 16.4. The molecule has 0 saturated carbocycles. The molecule has 0 aliphatic heterocycles. The molecule has 0 spiro atoms. The lowest BCUT2D eigenvalue weighted by atomic mass is 10.1. The number of aromatic hydroxyl groups is 1. The van der Waals surface area contributed by atoms with Crippen LogP contribution in [0, 0.1) is 13.8 Å². The Morgan fingerprint density at radius 2 is 1.85 bits per heavy atom. The predicted molar refractivity (Wildman–Crippen MR) is 132 cm³/mol. The summed E-state index contributed by atoms with van der Waals surface area (Å²) < 4.78 is 17.8. The number of hydrogen-bond donors (Lipinski definition) is 2. The summed E-state index contributed by atoms with van der Waals surface area (Å²) in [6.45, 7) is 6.56. The van der Waals surface area contributed by atoms with Gasteiger partial charge >= 0.3 is 5.97 Å². The van der Waals surface area contributed by atoms with Gasteiger partial charge in [-0.15, -0.1) is 0 Å². The lowest BCUT2D eigenvalue weighted by molar-refractivity contribution is 0.0531. The van der Waals surface area contributed by atoms with E-state index in [0.29, 0.717) is 34.2 Å². The molecule has 9 heteroatoms. The van der Waals surface area contributed by atoms with E-state index in [1.165, 1.54) is 31.1 Å². The third-order valence-corrected chi connectivity index (χ3v) is 6.58. The van der Waals surface area contributed by atoms with E-state index in [2.05, 4.69) is 30.4 Å². The number of aromatic nitrogens is 2. The molecule has 8 nitrogen and oxygen atoms in total. The number of aryl methyl sites for hydroxylation is 2. The van der Waals surface area contributed by atoms with Gasteiger partial charge in [-0.2, -0.15) is 0 Å². The number of benzene rings is 2. The number of phenols is 1. The minimum absolute atomic E-state index is 0.0789. The van der Waals surface area contributed by atoms with Gasteiger partial charge in [-0.05, 0) is 38.5 Å². The van der Waals surface area contributed by atoms with Crippen molar-refractivity contribution in [3.8, 4) is 28.5 Å². The molecule has 0 amide bonds. The van der Waals surface area contributed by atoms with Crippen LogP contribution in [-0.2, 0) is 11.3 Å². The molecule has 2 N–H and O–H groups in total. The second-order valence-corrected chi connectivity index (χ2v) is 8.71. The van der Waals surface area contributed by atoms with Crippen LogP contribution >= 0.6 is 11.3 Å². The largest absolute Gasteiger partial charge is 0.502 e. The molecule has 0 unspecified atom stereocenters. The van der Waals surface area contributed by atoms with E-state index in [0.717, 1.165) is 17.1 Å². The van der Waals surface area contributed by atoms with Crippen molar-refractivity contribution in [3.05, 3.63) is 58.1 Å². The monoisotopic (exact) mass is 481 g/mol. The zero-order chi connectivity index (χ0) is 24.4. The van der Waals surface area contributed by atoms with Gasteiger partial charge in [-0.3, -0.25) is 4.40 Å². The molecule has 0 radical (unpaired) electrons.